The lowest BCUT2D eigenvalue weighted by molar-refractivity contribution is 0.171. The van der Waals surface area contributed by atoms with Gasteiger partial charge in [-0.15, -0.1) is 0 Å². The van der Waals surface area contributed by atoms with E-state index in [1.165, 1.54) is 15.5 Å². The summed E-state index contributed by atoms with van der Waals surface area (Å²) in [5, 5.41) is 0. The van der Waals surface area contributed by atoms with Crippen LogP contribution in [0.5, 0.6) is 5.75 Å². The Labute approximate surface area is 81.5 Å². The Kier molecular flexibility index (Phi) is 2.91. The summed E-state index contributed by atoms with van der Waals surface area (Å²) in [6, 6.07) is 3.10. The normalized spacial score (nSPS) is 9.64. The van der Waals surface area contributed by atoms with Crippen molar-refractivity contribution in [2.24, 2.45) is 7.05 Å². The number of ether oxygens (including phenoxy) is 1. The van der Waals surface area contributed by atoms with Crippen molar-refractivity contribution < 1.29 is 9.53 Å². The van der Waals surface area contributed by atoms with Crippen molar-refractivity contribution in [2.75, 3.05) is 14.1 Å². The van der Waals surface area contributed by atoms with Crippen molar-refractivity contribution in [2.45, 2.75) is 0 Å². The number of hydrogen-bond donors (Lipinski definition) is 0. The Balaban J connectivity index is 2.93. The van der Waals surface area contributed by atoms with Gasteiger partial charge in [0.05, 0.1) is 0 Å². The van der Waals surface area contributed by atoms with Crippen LogP contribution in [0.1, 0.15) is 0 Å². The zero-order valence-electron chi connectivity index (χ0n) is 8.35. The lowest BCUT2D eigenvalue weighted by Crippen LogP contribution is -2.28. The molecule has 0 saturated heterocycles. The molecule has 76 valence electrons. The largest absolute Gasteiger partial charge is 0.414 e. The standard InChI is InChI=1S/C9H12N2O3/c1-10(2)9(13)14-7-5-4-6-11(3)8(7)12/h4-6H,1-3H3. The summed E-state index contributed by atoms with van der Waals surface area (Å²) in [5.41, 5.74) is -0.331. The molecule has 5 nitrogen and oxygen atoms in total. The fraction of sp³-hybridized carbons (Fsp3) is 0.333. The van der Waals surface area contributed by atoms with Gasteiger partial charge in [-0.2, -0.15) is 0 Å². The zero-order valence-corrected chi connectivity index (χ0v) is 8.35. The van der Waals surface area contributed by atoms with Gasteiger partial charge < -0.3 is 14.2 Å². The molecular weight excluding hydrogens is 184 g/mol. The Bertz CT molecular complexity index is 395. The van der Waals surface area contributed by atoms with Crippen molar-refractivity contribution in [1.82, 2.24) is 9.47 Å². The molecule has 0 fully saturated rings. The van der Waals surface area contributed by atoms with Gasteiger partial charge in [0.2, 0.25) is 0 Å². The second-order valence-electron chi connectivity index (χ2n) is 3.05. The fourth-order valence-electron chi connectivity index (χ4n) is 0.835. The summed E-state index contributed by atoms with van der Waals surface area (Å²) in [5.74, 6) is 0.0358. The SMILES string of the molecule is CN(C)C(=O)Oc1cccn(C)c1=O. The van der Waals surface area contributed by atoms with Crippen molar-refractivity contribution in [3.63, 3.8) is 0 Å². The van der Waals surface area contributed by atoms with Crippen LogP contribution in [0.2, 0.25) is 0 Å². The molecule has 0 bridgehead atoms. The average molecular weight is 196 g/mol. The van der Waals surface area contributed by atoms with Crippen LogP contribution >= 0.6 is 0 Å². The number of carbonyl (C=O) groups excluding carboxylic acids is 1. The molecule has 1 aromatic rings. The van der Waals surface area contributed by atoms with Crippen LogP contribution in [0, 0.1) is 0 Å². The smallest absolute Gasteiger partial charge is 0.404 e. The van der Waals surface area contributed by atoms with Gasteiger partial charge in [-0.1, -0.05) is 0 Å². The van der Waals surface area contributed by atoms with Gasteiger partial charge in [-0.05, 0) is 12.1 Å². The molecule has 0 aliphatic carbocycles. The number of amides is 1. The molecule has 1 aromatic heterocycles. The maximum absolute atomic E-state index is 11.4. The van der Waals surface area contributed by atoms with Gasteiger partial charge in [0.25, 0.3) is 5.56 Å². The predicted octanol–water partition coefficient (Wildman–Crippen LogP) is 0.446. The second kappa shape index (κ2) is 3.95. The third kappa shape index (κ3) is 2.12. The van der Waals surface area contributed by atoms with Crippen molar-refractivity contribution in [3.05, 3.63) is 28.7 Å². The van der Waals surface area contributed by atoms with E-state index in [1.54, 1.807) is 33.4 Å². The second-order valence-corrected chi connectivity index (χ2v) is 3.05. The van der Waals surface area contributed by atoms with E-state index in [0.717, 1.165) is 0 Å². The first-order chi connectivity index (χ1) is 6.52. The minimum absolute atomic E-state index is 0.0358. The summed E-state index contributed by atoms with van der Waals surface area (Å²) < 4.78 is 6.19. The van der Waals surface area contributed by atoms with Gasteiger partial charge in [-0.3, -0.25) is 4.79 Å². The Hall–Kier alpha value is -1.78. The molecule has 0 aliphatic heterocycles. The summed E-state index contributed by atoms with van der Waals surface area (Å²) >= 11 is 0. The van der Waals surface area contributed by atoms with E-state index in [4.69, 9.17) is 4.74 Å². The quantitative estimate of drug-likeness (QED) is 0.655. The highest BCUT2D eigenvalue weighted by molar-refractivity contribution is 5.69. The molecule has 0 radical (unpaired) electrons. The monoisotopic (exact) mass is 196 g/mol. The van der Waals surface area contributed by atoms with Crippen molar-refractivity contribution in [1.29, 1.82) is 0 Å². The maximum Gasteiger partial charge on any atom is 0.414 e. The maximum atomic E-state index is 11.4. The molecule has 1 rings (SSSR count). The van der Waals surface area contributed by atoms with Gasteiger partial charge >= 0.3 is 6.09 Å². The number of aromatic nitrogens is 1. The number of pyridine rings is 1. The molecular formula is C9H12N2O3. The molecule has 0 unspecified atom stereocenters. The first kappa shape index (κ1) is 10.3. The molecule has 5 heteroatoms. The number of hydrogen-bond acceptors (Lipinski definition) is 3. The summed E-state index contributed by atoms with van der Waals surface area (Å²) in [4.78, 5) is 23.8. The first-order valence-electron chi connectivity index (χ1n) is 4.07. The van der Waals surface area contributed by atoms with E-state index in [1.807, 2.05) is 0 Å². The van der Waals surface area contributed by atoms with Gasteiger partial charge in [0.15, 0.2) is 5.75 Å². The fourth-order valence-corrected chi connectivity index (χ4v) is 0.835. The van der Waals surface area contributed by atoms with Crippen LogP contribution in [-0.4, -0.2) is 29.7 Å². The molecule has 0 aromatic carbocycles. The van der Waals surface area contributed by atoms with Crippen LogP contribution in [-0.2, 0) is 7.05 Å². The number of nitrogens with zero attached hydrogens (tertiary/aromatic N) is 2. The van der Waals surface area contributed by atoms with Crippen LogP contribution in [0.4, 0.5) is 4.79 Å². The van der Waals surface area contributed by atoms with E-state index in [0.29, 0.717) is 0 Å². The minimum atomic E-state index is -0.562. The first-order valence-corrected chi connectivity index (χ1v) is 4.07. The van der Waals surface area contributed by atoms with Crippen molar-refractivity contribution in [3.8, 4) is 5.75 Å². The molecule has 0 atom stereocenters. The average Bonchev–Trinajstić information content (AvgIpc) is 2.12. The lowest BCUT2D eigenvalue weighted by atomic mass is 10.4. The van der Waals surface area contributed by atoms with Gasteiger partial charge in [-0.25, -0.2) is 4.79 Å². The van der Waals surface area contributed by atoms with E-state index in [9.17, 15) is 9.59 Å². The highest BCUT2D eigenvalue weighted by atomic mass is 16.6. The zero-order chi connectivity index (χ0) is 10.7. The van der Waals surface area contributed by atoms with Gasteiger partial charge in [0, 0.05) is 27.3 Å². The van der Waals surface area contributed by atoms with Crippen LogP contribution in [0.3, 0.4) is 0 Å². The Morgan fingerprint density at radius 3 is 2.71 bits per heavy atom. The number of rotatable bonds is 1. The third-order valence-corrected chi connectivity index (χ3v) is 1.65. The molecule has 0 spiro atoms. The van der Waals surface area contributed by atoms with E-state index < -0.39 is 6.09 Å². The highest BCUT2D eigenvalue weighted by Gasteiger charge is 2.09. The van der Waals surface area contributed by atoms with E-state index >= 15 is 0 Å². The van der Waals surface area contributed by atoms with E-state index in [2.05, 4.69) is 0 Å². The third-order valence-electron chi connectivity index (χ3n) is 1.65. The minimum Gasteiger partial charge on any atom is -0.404 e. The van der Waals surface area contributed by atoms with Crippen LogP contribution < -0.4 is 10.3 Å². The van der Waals surface area contributed by atoms with E-state index in [-0.39, 0.29) is 11.3 Å². The van der Waals surface area contributed by atoms with Crippen LogP contribution in [0.15, 0.2) is 23.1 Å². The highest BCUT2D eigenvalue weighted by Crippen LogP contribution is 2.02. The number of carbonyl (C=O) groups is 1. The molecule has 0 saturated carbocycles. The molecule has 14 heavy (non-hydrogen) atoms. The van der Waals surface area contributed by atoms with Crippen molar-refractivity contribution >= 4 is 6.09 Å². The molecule has 1 amide bonds. The lowest BCUT2D eigenvalue weighted by Gasteiger charge is -2.10. The predicted molar refractivity (Wildman–Crippen MR) is 51.4 cm³/mol. The topological polar surface area (TPSA) is 51.5 Å². The van der Waals surface area contributed by atoms with Crippen LogP contribution in [0.25, 0.3) is 0 Å². The van der Waals surface area contributed by atoms with Gasteiger partial charge in [0.1, 0.15) is 0 Å². The molecule has 1 heterocycles. The summed E-state index contributed by atoms with van der Waals surface area (Å²) in [6.07, 6.45) is 1.03. The Morgan fingerprint density at radius 1 is 1.50 bits per heavy atom. The molecule has 0 N–H and O–H groups in total. The number of aryl methyl sites for hydroxylation is 1. The summed E-state index contributed by atoms with van der Waals surface area (Å²) in [6.45, 7) is 0. The summed E-state index contributed by atoms with van der Waals surface area (Å²) in [7, 11) is 4.70. The Morgan fingerprint density at radius 2 is 2.14 bits per heavy atom. The molecule has 0 aliphatic rings.